The van der Waals surface area contributed by atoms with Crippen LogP contribution in [0.3, 0.4) is 0 Å². The number of ether oxygens (including phenoxy) is 1. The Balaban J connectivity index is 4.05. The van der Waals surface area contributed by atoms with E-state index in [4.69, 9.17) is 9.84 Å². The van der Waals surface area contributed by atoms with E-state index in [0.29, 0.717) is 6.42 Å². The van der Waals surface area contributed by atoms with Gasteiger partial charge in [0.2, 0.25) is 0 Å². The number of hydrogen-bond donors (Lipinski definition) is 1. The number of hydrogen-bond acceptors (Lipinski definition) is 3. The summed E-state index contributed by atoms with van der Waals surface area (Å²) in [6.07, 6.45) is 26.6. The lowest BCUT2D eigenvalue weighted by atomic mass is 10.0. The van der Waals surface area contributed by atoms with Crippen LogP contribution in [0.1, 0.15) is 129 Å². The van der Waals surface area contributed by atoms with Crippen LogP contribution in [0.4, 0.5) is 0 Å². The molecule has 4 nitrogen and oxygen atoms in total. The van der Waals surface area contributed by atoms with Crippen molar-refractivity contribution in [2.75, 3.05) is 0 Å². The van der Waals surface area contributed by atoms with Gasteiger partial charge in [0, 0.05) is 12.8 Å². The van der Waals surface area contributed by atoms with E-state index in [1.165, 1.54) is 25.7 Å². The van der Waals surface area contributed by atoms with E-state index < -0.39 is 5.97 Å². The molecule has 0 amide bonds. The first-order chi connectivity index (χ1) is 15.1. The Kier molecular flexibility index (Phi) is 21.9. The number of rotatable bonds is 22. The highest BCUT2D eigenvalue weighted by Crippen LogP contribution is 2.16. The average Bonchev–Trinajstić information content (AvgIpc) is 2.74. The lowest BCUT2D eigenvalue weighted by Gasteiger charge is -2.18. The van der Waals surface area contributed by atoms with Crippen molar-refractivity contribution >= 4 is 11.9 Å². The molecule has 0 saturated carbocycles. The summed E-state index contributed by atoms with van der Waals surface area (Å²) in [5.41, 5.74) is 0. The largest absolute Gasteiger partial charge is 0.481 e. The van der Waals surface area contributed by atoms with Gasteiger partial charge in [0.05, 0.1) is 0 Å². The van der Waals surface area contributed by atoms with E-state index in [2.05, 4.69) is 38.2 Å². The summed E-state index contributed by atoms with van der Waals surface area (Å²) < 4.78 is 5.75. The second-order valence-electron chi connectivity index (χ2n) is 8.52. The first kappa shape index (κ1) is 29.4. The second-order valence-corrected chi connectivity index (χ2v) is 8.52. The van der Waals surface area contributed by atoms with Gasteiger partial charge in [-0.3, -0.25) is 9.59 Å². The lowest BCUT2D eigenvalue weighted by molar-refractivity contribution is -0.150. The molecule has 1 unspecified atom stereocenters. The molecule has 0 saturated heterocycles. The molecule has 0 radical (unpaired) electrons. The standard InChI is InChI=1S/C27H48O4/c1-3-5-7-8-9-10-11-12-13-15-18-21-25(31-27(30)24-6-4-2)22-19-16-14-17-20-23-26(28)29/h9-10,12-13,25H,3-8,11,14-24H2,1-2H3,(H,28,29)/b10-9-,13-12-. The van der Waals surface area contributed by atoms with E-state index in [1.807, 2.05) is 0 Å². The first-order valence-corrected chi connectivity index (χ1v) is 12.8. The fraction of sp³-hybridized carbons (Fsp3) is 0.778. The van der Waals surface area contributed by atoms with Crippen molar-refractivity contribution in [3.63, 3.8) is 0 Å². The van der Waals surface area contributed by atoms with Gasteiger partial charge < -0.3 is 9.84 Å². The van der Waals surface area contributed by atoms with E-state index in [9.17, 15) is 9.59 Å². The van der Waals surface area contributed by atoms with Crippen molar-refractivity contribution in [1.82, 2.24) is 0 Å². The smallest absolute Gasteiger partial charge is 0.306 e. The summed E-state index contributed by atoms with van der Waals surface area (Å²) in [7, 11) is 0. The highest BCUT2D eigenvalue weighted by Gasteiger charge is 2.13. The zero-order chi connectivity index (χ0) is 23.0. The number of carboxylic acids is 1. The Morgan fingerprint density at radius 2 is 1.32 bits per heavy atom. The number of aliphatic carboxylic acids is 1. The number of carboxylic acid groups (broad SMARTS) is 1. The zero-order valence-corrected chi connectivity index (χ0v) is 20.3. The fourth-order valence-electron chi connectivity index (χ4n) is 3.49. The predicted octanol–water partition coefficient (Wildman–Crippen LogP) is 8.16. The summed E-state index contributed by atoms with van der Waals surface area (Å²) in [5, 5.41) is 8.68. The molecule has 0 bridgehead atoms. The van der Waals surface area contributed by atoms with Crippen molar-refractivity contribution in [2.24, 2.45) is 0 Å². The third kappa shape index (κ3) is 22.9. The van der Waals surface area contributed by atoms with Crippen LogP contribution in [0.5, 0.6) is 0 Å². The molecule has 180 valence electrons. The maximum Gasteiger partial charge on any atom is 0.306 e. The Labute approximate surface area is 191 Å². The molecule has 0 aliphatic heterocycles. The quantitative estimate of drug-likeness (QED) is 0.106. The minimum absolute atomic E-state index is 0.0234. The maximum atomic E-state index is 12.1. The molecule has 0 aromatic rings. The number of carbonyl (C=O) groups is 2. The molecule has 0 heterocycles. The van der Waals surface area contributed by atoms with Crippen molar-refractivity contribution in [1.29, 1.82) is 0 Å². The fourth-order valence-corrected chi connectivity index (χ4v) is 3.49. The van der Waals surface area contributed by atoms with Gasteiger partial charge >= 0.3 is 11.9 Å². The van der Waals surface area contributed by atoms with Crippen LogP contribution in [-0.4, -0.2) is 23.1 Å². The molecule has 0 rings (SSSR count). The van der Waals surface area contributed by atoms with Crippen molar-refractivity contribution < 1.29 is 19.4 Å². The van der Waals surface area contributed by atoms with Crippen LogP contribution < -0.4 is 0 Å². The van der Waals surface area contributed by atoms with Crippen LogP contribution in [0.25, 0.3) is 0 Å². The van der Waals surface area contributed by atoms with Gasteiger partial charge in [0.1, 0.15) is 6.10 Å². The van der Waals surface area contributed by atoms with Gasteiger partial charge in [0.15, 0.2) is 0 Å². The highest BCUT2D eigenvalue weighted by atomic mass is 16.5. The van der Waals surface area contributed by atoms with Crippen LogP contribution in [-0.2, 0) is 14.3 Å². The summed E-state index contributed by atoms with van der Waals surface area (Å²) in [6, 6.07) is 0. The minimum Gasteiger partial charge on any atom is -0.481 e. The van der Waals surface area contributed by atoms with Crippen LogP contribution in [0.2, 0.25) is 0 Å². The van der Waals surface area contributed by atoms with E-state index in [0.717, 1.165) is 77.0 Å². The second kappa shape index (κ2) is 23.1. The molecule has 0 aliphatic carbocycles. The Morgan fingerprint density at radius 3 is 2.00 bits per heavy atom. The van der Waals surface area contributed by atoms with Crippen molar-refractivity contribution in [2.45, 2.75) is 136 Å². The molecule has 0 aliphatic rings. The van der Waals surface area contributed by atoms with Crippen LogP contribution in [0.15, 0.2) is 24.3 Å². The van der Waals surface area contributed by atoms with E-state index >= 15 is 0 Å². The number of carbonyl (C=O) groups excluding carboxylic acids is 1. The number of esters is 1. The van der Waals surface area contributed by atoms with Crippen molar-refractivity contribution in [3.05, 3.63) is 24.3 Å². The molecule has 1 atom stereocenters. The molecule has 1 N–H and O–H groups in total. The van der Waals surface area contributed by atoms with Crippen LogP contribution in [0, 0.1) is 0 Å². The molecule has 0 aromatic heterocycles. The van der Waals surface area contributed by atoms with E-state index in [-0.39, 0.29) is 18.5 Å². The van der Waals surface area contributed by atoms with Gasteiger partial charge in [-0.1, -0.05) is 76.7 Å². The third-order valence-electron chi connectivity index (χ3n) is 5.43. The van der Waals surface area contributed by atoms with Gasteiger partial charge in [-0.15, -0.1) is 0 Å². The van der Waals surface area contributed by atoms with Gasteiger partial charge in [0.25, 0.3) is 0 Å². The predicted molar refractivity (Wildman–Crippen MR) is 130 cm³/mol. The minimum atomic E-state index is -0.712. The number of allylic oxidation sites excluding steroid dienone is 4. The van der Waals surface area contributed by atoms with Gasteiger partial charge in [-0.25, -0.2) is 0 Å². The maximum absolute atomic E-state index is 12.1. The van der Waals surface area contributed by atoms with Gasteiger partial charge in [-0.05, 0) is 64.2 Å². The lowest BCUT2D eigenvalue weighted by Crippen LogP contribution is -2.18. The van der Waals surface area contributed by atoms with Gasteiger partial charge in [-0.2, -0.15) is 0 Å². The molecule has 0 fully saturated rings. The molecular weight excluding hydrogens is 388 g/mol. The third-order valence-corrected chi connectivity index (χ3v) is 5.43. The Morgan fingerprint density at radius 1 is 0.710 bits per heavy atom. The van der Waals surface area contributed by atoms with Crippen molar-refractivity contribution in [3.8, 4) is 0 Å². The SMILES string of the molecule is CCCCC/C=C\C/C=C\CCCC(CCCCCCCC(=O)O)OC(=O)CCCC. The monoisotopic (exact) mass is 436 g/mol. The first-order valence-electron chi connectivity index (χ1n) is 12.8. The highest BCUT2D eigenvalue weighted by molar-refractivity contribution is 5.69. The summed E-state index contributed by atoms with van der Waals surface area (Å²) >= 11 is 0. The molecule has 0 aromatic carbocycles. The molecular formula is C27H48O4. The zero-order valence-electron chi connectivity index (χ0n) is 20.3. The Bertz CT molecular complexity index is 482. The number of unbranched alkanes of at least 4 members (excludes halogenated alkanes) is 9. The van der Waals surface area contributed by atoms with E-state index in [1.54, 1.807) is 0 Å². The average molecular weight is 437 g/mol. The molecule has 0 spiro atoms. The molecule has 31 heavy (non-hydrogen) atoms. The summed E-state index contributed by atoms with van der Waals surface area (Å²) in [4.78, 5) is 22.6. The summed E-state index contributed by atoms with van der Waals surface area (Å²) in [6.45, 7) is 4.32. The summed E-state index contributed by atoms with van der Waals surface area (Å²) in [5.74, 6) is -0.770. The Hall–Kier alpha value is -1.58. The molecule has 4 heteroatoms. The van der Waals surface area contributed by atoms with Crippen LogP contribution >= 0.6 is 0 Å². The topological polar surface area (TPSA) is 63.6 Å². The normalized spacial score (nSPS) is 12.6.